The van der Waals surface area contributed by atoms with E-state index in [0.29, 0.717) is 35.7 Å². The molecule has 9 heteroatoms. The van der Waals surface area contributed by atoms with Crippen LogP contribution < -0.4 is 5.43 Å². The molecular weight excluding hydrogens is 496 g/mol. The van der Waals surface area contributed by atoms with E-state index in [4.69, 9.17) is 20.8 Å². The van der Waals surface area contributed by atoms with E-state index in [1.165, 1.54) is 6.07 Å². The number of hydrogen-bond donors (Lipinski definition) is 2. The first-order valence-corrected chi connectivity index (χ1v) is 13.0. The minimum absolute atomic E-state index is 0.0251. The Labute approximate surface area is 220 Å². The molecule has 2 atom stereocenters. The Kier molecular flexibility index (Phi) is 7.16. The monoisotopic (exact) mass is 526 g/mol. The van der Waals surface area contributed by atoms with E-state index in [1.807, 2.05) is 14.1 Å². The SMILES string of the molecule is CN1CCC(C(=O)O[C@@H]2CN(C)CC[C@@H]2c2c(O)cc(O)c3c(=O)cc(-c4ccccc4Cl)oc23)CC1. The Bertz CT molecular complexity index is 1380. The predicted octanol–water partition coefficient (Wildman–Crippen LogP) is 4.20. The molecule has 0 bridgehead atoms. The fourth-order valence-electron chi connectivity index (χ4n) is 5.48. The number of nitrogens with zero attached hydrogens (tertiary/aromatic N) is 2. The molecule has 0 unspecified atom stereocenters. The lowest BCUT2D eigenvalue weighted by Crippen LogP contribution is -2.44. The standard InChI is InChI=1S/C28H31ClN2O6/c1-30-10-7-16(8-11-30)28(35)37-24-15-31(2)12-9-18(24)25-20(32)13-21(33)26-22(34)14-23(36-27(25)26)17-5-3-4-6-19(17)29/h3-6,13-14,16,18,24,32-33H,7-12,15H2,1-2H3/t18-,24+/m0/s1. The first-order valence-electron chi connectivity index (χ1n) is 12.6. The maximum absolute atomic E-state index is 13.2. The van der Waals surface area contributed by atoms with Crippen molar-refractivity contribution in [2.75, 3.05) is 40.3 Å². The second kappa shape index (κ2) is 10.4. The van der Waals surface area contributed by atoms with E-state index in [-0.39, 0.29) is 40.1 Å². The highest BCUT2D eigenvalue weighted by molar-refractivity contribution is 6.33. The molecule has 0 spiro atoms. The van der Waals surface area contributed by atoms with E-state index in [0.717, 1.165) is 32.0 Å². The third-order valence-corrected chi connectivity index (χ3v) is 7.92. The summed E-state index contributed by atoms with van der Waals surface area (Å²) in [4.78, 5) is 30.6. The molecular formula is C28H31ClN2O6. The van der Waals surface area contributed by atoms with E-state index in [2.05, 4.69) is 9.80 Å². The number of phenols is 2. The van der Waals surface area contributed by atoms with Crippen molar-refractivity contribution in [3.8, 4) is 22.8 Å². The Morgan fingerprint density at radius 3 is 2.46 bits per heavy atom. The summed E-state index contributed by atoms with van der Waals surface area (Å²) in [5.41, 5.74) is 0.496. The summed E-state index contributed by atoms with van der Waals surface area (Å²) >= 11 is 6.37. The fraction of sp³-hybridized carbons (Fsp3) is 0.429. The van der Waals surface area contributed by atoms with Crippen LogP contribution in [0.25, 0.3) is 22.3 Å². The number of carbonyl (C=O) groups excluding carboxylic acids is 1. The van der Waals surface area contributed by atoms with E-state index in [9.17, 15) is 19.8 Å². The Morgan fingerprint density at radius 2 is 1.73 bits per heavy atom. The zero-order chi connectivity index (χ0) is 26.3. The van der Waals surface area contributed by atoms with Gasteiger partial charge in [-0.3, -0.25) is 9.59 Å². The number of aromatic hydroxyl groups is 2. The van der Waals surface area contributed by atoms with Crippen LogP contribution in [0.1, 0.15) is 30.7 Å². The molecule has 0 saturated carbocycles. The van der Waals surface area contributed by atoms with Gasteiger partial charge in [-0.15, -0.1) is 0 Å². The molecule has 2 fully saturated rings. The number of piperidine rings is 2. The summed E-state index contributed by atoms with van der Waals surface area (Å²) in [7, 11) is 3.99. The molecule has 5 rings (SSSR count). The molecule has 0 radical (unpaired) electrons. The Hall–Kier alpha value is -3.07. The summed E-state index contributed by atoms with van der Waals surface area (Å²) in [6.45, 7) is 2.85. The summed E-state index contributed by atoms with van der Waals surface area (Å²) in [6.07, 6.45) is 1.49. The van der Waals surface area contributed by atoms with Gasteiger partial charge in [0, 0.05) is 35.7 Å². The number of likely N-dealkylation sites (tertiary alicyclic amines) is 2. The van der Waals surface area contributed by atoms with Gasteiger partial charge < -0.3 is 29.2 Å². The molecule has 37 heavy (non-hydrogen) atoms. The maximum Gasteiger partial charge on any atom is 0.309 e. The summed E-state index contributed by atoms with van der Waals surface area (Å²) in [5, 5.41) is 22.0. The number of phenolic OH excluding ortho intramolecular Hbond substituents is 2. The average molecular weight is 527 g/mol. The second-order valence-corrected chi connectivity index (χ2v) is 10.6. The maximum atomic E-state index is 13.2. The fourth-order valence-corrected chi connectivity index (χ4v) is 5.71. The number of rotatable bonds is 4. The normalized spacial score (nSPS) is 21.8. The molecule has 2 aliphatic rings. The number of likely N-dealkylation sites (N-methyl/N-ethyl adjacent to an activating group) is 1. The molecule has 2 saturated heterocycles. The van der Waals surface area contributed by atoms with E-state index < -0.39 is 17.5 Å². The quantitative estimate of drug-likeness (QED) is 0.488. The van der Waals surface area contributed by atoms with Crippen molar-refractivity contribution in [3.05, 3.63) is 57.2 Å². The van der Waals surface area contributed by atoms with Gasteiger partial charge in [-0.05, 0) is 65.1 Å². The van der Waals surface area contributed by atoms with Crippen LogP contribution in [0.3, 0.4) is 0 Å². The smallest absolute Gasteiger partial charge is 0.309 e. The van der Waals surface area contributed by atoms with Crippen molar-refractivity contribution < 1.29 is 24.2 Å². The molecule has 8 nitrogen and oxygen atoms in total. The largest absolute Gasteiger partial charge is 0.507 e. The van der Waals surface area contributed by atoms with E-state index >= 15 is 0 Å². The number of carbonyl (C=O) groups is 1. The van der Waals surface area contributed by atoms with Crippen LogP contribution >= 0.6 is 11.6 Å². The first kappa shape index (κ1) is 25.6. The van der Waals surface area contributed by atoms with Gasteiger partial charge in [0.15, 0.2) is 5.43 Å². The summed E-state index contributed by atoms with van der Waals surface area (Å²) in [5.74, 6) is -1.19. The highest BCUT2D eigenvalue weighted by Crippen LogP contribution is 2.44. The lowest BCUT2D eigenvalue weighted by atomic mass is 9.85. The molecule has 196 valence electrons. The van der Waals surface area contributed by atoms with Crippen LogP contribution in [-0.2, 0) is 9.53 Å². The van der Waals surface area contributed by atoms with Crippen molar-refractivity contribution in [1.82, 2.24) is 9.80 Å². The van der Waals surface area contributed by atoms with Crippen LogP contribution in [0.5, 0.6) is 11.5 Å². The molecule has 2 N–H and O–H groups in total. The number of halogens is 1. The van der Waals surface area contributed by atoms with Crippen molar-refractivity contribution >= 4 is 28.5 Å². The number of fused-ring (bicyclic) bond motifs is 1. The van der Waals surface area contributed by atoms with Gasteiger partial charge in [-0.1, -0.05) is 23.7 Å². The molecule has 1 aromatic heterocycles. The van der Waals surface area contributed by atoms with Gasteiger partial charge in [-0.25, -0.2) is 0 Å². The zero-order valence-corrected chi connectivity index (χ0v) is 21.7. The van der Waals surface area contributed by atoms with Crippen LogP contribution in [-0.4, -0.2) is 72.4 Å². The van der Waals surface area contributed by atoms with Gasteiger partial charge >= 0.3 is 5.97 Å². The van der Waals surface area contributed by atoms with Gasteiger partial charge in [0.05, 0.1) is 10.9 Å². The van der Waals surface area contributed by atoms with Crippen LogP contribution in [0.4, 0.5) is 0 Å². The topological polar surface area (TPSA) is 103 Å². The molecule has 2 aromatic carbocycles. The predicted molar refractivity (Wildman–Crippen MR) is 141 cm³/mol. The van der Waals surface area contributed by atoms with Crippen LogP contribution in [0, 0.1) is 5.92 Å². The van der Waals surface area contributed by atoms with Crippen LogP contribution in [0.15, 0.2) is 45.6 Å². The van der Waals surface area contributed by atoms with Crippen molar-refractivity contribution in [2.24, 2.45) is 5.92 Å². The lowest BCUT2D eigenvalue weighted by molar-refractivity contribution is -0.159. The number of ether oxygens (including phenoxy) is 1. The van der Waals surface area contributed by atoms with Crippen molar-refractivity contribution in [1.29, 1.82) is 0 Å². The van der Waals surface area contributed by atoms with Crippen molar-refractivity contribution in [3.63, 3.8) is 0 Å². The molecule has 0 aliphatic carbocycles. The second-order valence-electron chi connectivity index (χ2n) is 10.2. The third-order valence-electron chi connectivity index (χ3n) is 7.59. The minimum atomic E-state index is -0.557. The highest BCUT2D eigenvalue weighted by Gasteiger charge is 2.38. The summed E-state index contributed by atoms with van der Waals surface area (Å²) in [6, 6.07) is 9.43. The van der Waals surface area contributed by atoms with Gasteiger partial charge in [-0.2, -0.15) is 0 Å². The van der Waals surface area contributed by atoms with Gasteiger partial charge in [0.1, 0.15) is 34.3 Å². The number of benzene rings is 2. The first-order chi connectivity index (χ1) is 17.7. The molecule has 3 heterocycles. The van der Waals surface area contributed by atoms with Gasteiger partial charge in [0.2, 0.25) is 0 Å². The average Bonchev–Trinajstić information content (AvgIpc) is 2.85. The van der Waals surface area contributed by atoms with Crippen molar-refractivity contribution in [2.45, 2.75) is 31.3 Å². The highest BCUT2D eigenvalue weighted by atomic mass is 35.5. The van der Waals surface area contributed by atoms with Gasteiger partial charge in [0.25, 0.3) is 0 Å². The minimum Gasteiger partial charge on any atom is -0.507 e. The number of esters is 1. The van der Waals surface area contributed by atoms with E-state index in [1.54, 1.807) is 24.3 Å². The Morgan fingerprint density at radius 1 is 1.03 bits per heavy atom. The van der Waals surface area contributed by atoms with Crippen LogP contribution in [0.2, 0.25) is 5.02 Å². The number of hydrogen-bond acceptors (Lipinski definition) is 8. The Balaban J connectivity index is 1.58. The molecule has 3 aromatic rings. The third kappa shape index (κ3) is 5.06. The zero-order valence-electron chi connectivity index (χ0n) is 20.9. The molecule has 2 aliphatic heterocycles. The lowest BCUT2D eigenvalue weighted by Gasteiger charge is -2.38. The summed E-state index contributed by atoms with van der Waals surface area (Å²) < 4.78 is 12.3. The molecule has 0 amide bonds.